The SMILES string of the molecule is CC(C)COc1ccc(Br)cc1C(=O)Nc1ccccc1OCCCc1ccccc1. The Hall–Kier alpha value is -2.79. The van der Waals surface area contributed by atoms with E-state index in [-0.39, 0.29) is 5.91 Å². The molecule has 162 valence electrons. The lowest BCUT2D eigenvalue weighted by Gasteiger charge is -2.15. The molecule has 0 aliphatic rings. The molecule has 3 aromatic carbocycles. The quantitative estimate of drug-likeness (QED) is 0.325. The van der Waals surface area contributed by atoms with E-state index in [4.69, 9.17) is 9.47 Å². The van der Waals surface area contributed by atoms with Crippen LogP contribution in [-0.4, -0.2) is 19.1 Å². The van der Waals surface area contributed by atoms with Crippen LogP contribution in [-0.2, 0) is 6.42 Å². The number of hydrogen-bond acceptors (Lipinski definition) is 3. The van der Waals surface area contributed by atoms with Crippen molar-refractivity contribution in [2.75, 3.05) is 18.5 Å². The third-order valence-corrected chi connectivity index (χ3v) is 5.10. The number of aryl methyl sites for hydroxylation is 1. The van der Waals surface area contributed by atoms with E-state index in [1.165, 1.54) is 5.56 Å². The van der Waals surface area contributed by atoms with Gasteiger partial charge in [-0.3, -0.25) is 4.79 Å². The van der Waals surface area contributed by atoms with Gasteiger partial charge >= 0.3 is 0 Å². The molecule has 0 bridgehead atoms. The van der Waals surface area contributed by atoms with Crippen LogP contribution in [0, 0.1) is 5.92 Å². The van der Waals surface area contributed by atoms with Gasteiger partial charge in [0.2, 0.25) is 0 Å². The van der Waals surface area contributed by atoms with E-state index < -0.39 is 0 Å². The number of halogens is 1. The van der Waals surface area contributed by atoms with Crippen LogP contribution in [0.25, 0.3) is 0 Å². The maximum absolute atomic E-state index is 13.0. The highest BCUT2D eigenvalue weighted by Crippen LogP contribution is 2.28. The fourth-order valence-corrected chi connectivity index (χ4v) is 3.41. The van der Waals surface area contributed by atoms with Crippen molar-refractivity contribution in [1.29, 1.82) is 0 Å². The zero-order valence-corrected chi connectivity index (χ0v) is 19.5. The second kappa shape index (κ2) is 11.6. The van der Waals surface area contributed by atoms with Crippen molar-refractivity contribution in [3.63, 3.8) is 0 Å². The highest BCUT2D eigenvalue weighted by Gasteiger charge is 2.16. The van der Waals surface area contributed by atoms with Crippen LogP contribution in [0.2, 0.25) is 0 Å². The Bertz CT molecular complexity index is 989. The average Bonchev–Trinajstić information content (AvgIpc) is 2.77. The molecule has 0 spiro atoms. The van der Waals surface area contributed by atoms with Gasteiger partial charge in [0.15, 0.2) is 0 Å². The summed E-state index contributed by atoms with van der Waals surface area (Å²) in [6.07, 6.45) is 1.84. The number of rotatable bonds is 10. The third kappa shape index (κ3) is 7.14. The summed E-state index contributed by atoms with van der Waals surface area (Å²) in [4.78, 5) is 13.0. The molecule has 1 amide bonds. The molecule has 3 aromatic rings. The van der Waals surface area contributed by atoms with E-state index in [0.717, 1.165) is 17.3 Å². The molecule has 0 fully saturated rings. The predicted octanol–water partition coefficient (Wildman–Crippen LogP) is 6.75. The third-order valence-electron chi connectivity index (χ3n) is 4.60. The Morgan fingerprint density at radius 3 is 2.45 bits per heavy atom. The van der Waals surface area contributed by atoms with Gasteiger partial charge in [-0.1, -0.05) is 72.2 Å². The number of carbonyl (C=O) groups excluding carboxylic acids is 1. The number of ether oxygens (including phenoxy) is 2. The van der Waals surface area contributed by atoms with Crippen LogP contribution in [0.15, 0.2) is 77.3 Å². The number of amides is 1. The van der Waals surface area contributed by atoms with Gasteiger partial charge in [-0.15, -0.1) is 0 Å². The summed E-state index contributed by atoms with van der Waals surface area (Å²) in [6, 6.07) is 23.3. The molecule has 0 aromatic heterocycles. The summed E-state index contributed by atoms with van der Waals surface area (Å²) in [5, 5.41) is 2.98. The van der Waals surface area contributed by atoms with Crippen LogP contribution >= 0.6 is 15.9 Å². The number of benzene rings is 3. The fourth-order valence-electron chi connectivity index (χ4n) is 3.05. The van der Waals surface area contributed by atoms with Crippen molar-refractivity contribution in [2.24, 2.45) is 5.92 Å². The minimum atomic E-state index is -0.236. The topological polar surface area (TPSA) is 47.6 Å². The first-order valence-corrected chi connectivity index (χ1v) is 11.3. The molecular formula is C26H28BrNO3. The van der Waals surface area contributed by atoms with E-state index >= 15 is 0 Å². The summed E-state index contributed by atoms with van der Waals surface area (Å²) in [6.45, 7) is 5.26. The van der Waals surface area contributed by atoms with Gasteiger partial charge in [-0.05, 0) is 54.7 Å². The summed E-state index contributed by atoms with van der Waals surface area (Å²) >= 11 is 3.45. The molecule has 1 N–H and O–H groups in total. The first-order chi connectivity index (χ1) is 15.0. The van der Waals surface area contributed by atoms with Crippen LogP contribution in [0.3, 0.4) is 0 Å². The highest BCUT2D eigenvalue weighted by molar-refractivity contribution is 9.10. The molecule has 4 nitrogen and oxygen atoms in total. The molecule has 0 atom stereocenters. The van der Waals surface area contributed by atoms with Gasteiger partial charge in [0.05, 0.1) is 24.5 Å². The van der Waals surface area contributed by atoms with Crippen LogP contribution < -0.4 is 14.8 Å². The Labute approximate surface area is 192 Å². The summed E-state index contributed by atoms with van der Waals surface area (Å²) in [5.74, 6) is 1.35. The van der Waals surface area contributed by atoms with Crippen molar-refractivity contribution in [3.8, 4) is 11.5 Å². The maximum atomic E-state index is 13.0. The Morgan fingerprint density at radius 2 is 1.68 bits per heavy atom. The van der Waals surface area contributed by atoms with Crippen molar-refractivity contribution >= 4 is 27.5 Å². The van der Waals surface area contributed by atoms with E-state index in [0.29, 0.717) is 41.9 Å². The van der Waals surface area contributed by atoms with Gasteiger partial charge in [-0.25, -0.2) is 0 Å². The lowest BCUT2D eigenvalue weighted by molar-refractivity contribution is 0.102. The number of anilines is 1. The lowest BCUT2D eigenvalue weighted by Crippen LogP contribution is -2.16. The monoisotopic (exact) mass is 481 g/mol. The summed E-state index contributed by atoms with van der Waals surface area (Å²) < 4.78 is 12.6. The normalized spacial score (nSPS) is 10.7. The molecule has 5 heteroatoms. The van der Waals surface area contributed by atoms with Crippen LogP contribution in [0.4, 0.5) is 5.69 Å². The van der Waals surface area contributed by atoms with E-state index in [1.54, 1.807) is 6.07 Å². The van der Waals surface area contributed by atoms with E-state index in [1.807, 2.05) is 54.6 Å². The van der Waals surface area contributed by atoms with Crippen molar-refractivity contribution < 1.29 is 14.3 Å². The molecular weight excluding hydrogens is 454 g/mol. The minimum absolute atomic E-state index is 0.236. The highest BCUT2D eigenvalue weighted by atomic mass is 79.9. The molecule has 0 heterocycles. The first kappa shape index (κ1) is 22.9. The maximum Gasteiger partial charge on any atom is 0.259 e. The molecule has 0 saturated carbocycles. The molecule has 0 radical (unpaired) electrons. The number of hydrogen-bond donors (Lipinski definition) is 1. The predicted molar refractivity (Wildman–Crippen MR) is 129 cm³/mol. The zero-order chi connectivity index (χ0) is 22.1. The van der Waals surface area contributed by atoms with E-state index in [2.05, 4.69) is 47.2 Å². The smallest absolute Gasteiger partial charge is 0.259 e. The van der Waals surface area contributed by atoms with E-state index in [9.17, 15) is 4.79 Å². The summed E-state index contributed by atoms with van der Waals surface area (Å²) in [7, 11) is 0. The van der Waals surface area contributed by atoms with Crippen molar-refractivity contribution in [1.82, 2.24) is 0 Å². The van der Waals surface area contributed by atoms with Crippen LogP contribution in [0.1, 0.15) is 36.2 Å². The molecule has 0 aliphatic heterocycles. The van der Waals surface area contributed by atoms with Gasteiger partial charge in [-0.2, -0.15) is 0 Å². The second-order valence-electron chi connectivity index (χ2n) is 7.73. The largest absolute Gasteiger partial charge is 0.492 e. The summed E-state index contributed by atoms with van der Waals surface area (Å²) in [5.41, 5.74) is 2.41. The number of carbonyl (C=O) groups is 1. The van der Waals surface area contributed by atoms with Crippen molar-refractivity contribution in [2.45, 2.75) is 26.7 Å². The first-order valence-electron chi connectivity index (χ1n) is 10.5. The molecule has 3 rings (SSSR count). The Balaban J connectivity index is 1.65. The fraction of sp³-hybridized carbons (Fsp3) is 0.269. The van der Waals surface area contributed by atoms with Gasteiger partial charge in [0, 0.05) is 4.47 Å². The van der Waals surface area contributed by atoms with Gasteiger partial charge < -0.3 is 14.8 Å². The van der Waals surface area contributed by atoms with Gasteiger partial charge in [0.1, 0.15) is 11.5 Å². The minimum Gasteiger partial charge on any atom is -0.492 e. The van der Waals surface area contributed by atoms with Crippen LogP contribution in [0.5, 0.6) is 11.5 Å². The average molecular weight is 482 g/mol. The number of para-hydroxylation sites is 2. The molecule has 0 unspecified atom stereocenters. The Kier molecular flexibility index (Phi) is 8.53. The lowest BCUT2D eigenvalue weighted by atomic mass is 10.1. The second-order valence-corrected chi connectivity index (χ2v) is 8.65. The van der Waals surface area contributed by atoms with Gasteiger partial charge in [0.25, 0.3) is 5.91 Å². The standard InChI is InChI=1S/C26H28BrNO3/c1-19(2)18-31-24-15-14-21(27)17-22(24)26(29)28-23-12-6-7-13-25(23)30-16-8-11-20-9-4-3-5-10-20/h3-7,9-10,12-15,17,19H,8,11,16,18H2,1-2H3,(H,28,29). The van der Waals surface area contributed by atoms with Crippen molar-refractivity contribution in [3.05, 3.63) is 88.4 Å². The number of nitrogens with one attached hydrogen (secondary N) is 1. The molecule has 0 saturated heterocycles. The molecule has 0 aliphatic carbocycles. The zero-order valence-electron chi connectivity index (χ0n) is 17.9. The Morgan fingerprint density at radius 1 is 0.935 bits per heavy atom. The molecule has 31 heavy (non-hydrogen) atoms.